The zero-order valence-electron chi connectivity index (χ0n) is 18.2. The third-order valence-corrected chi connectivity index (χ3v) is 6.83. The standard InChI is InChI=1S/C22H26Cl2N2O4S/c1-6-29-20(28)17-13-10-21(2,3)26-22(4,5)18(13)31-19(17)25-16(27)11-30-15-8-7-12(23)9-14(15)24/h7-9,26H,6,10-11H2,1-5H3,(H,25,27). The minimum Gasteiger partial charge on any atom is -0.482 e. The molecule has 9 heteroatoms. The number of ether oxygens (including phenoxy) is 2. The first kappa shape index (κ1) is 23.9. The molecular formula is C22H26Cl2N2O4S. The van der Waals surface area contributed by atoms with Crippen LogP contribution in [0, 0.1) is 0 Å². The van der Waals surface area contributed by atoms with Crippen molar-refractivity contribution in [2.24, 2.45) is 0 Å². The van der Waals surface area contributed by atoms with Gasteiger partial charge in [-0.15, -0.1) is 11.3 Å². The molecule has 0 bridgehead atoms. The SMILES string of the molecule is CCOC(=O)c1c(NC(=O)COc2ccc(Cl)cc2Cl)sc2c1CC(C)(C)NC2(C)C. The number of carbonyl (C=O) groups excluding carboxylic acids is 2. The van der Waals surface area contributed by atoms with Crippen molar-refractivity contribution in [2.45, 2.75) is 52.1 Å². The van der Waals surface area contributed by atoms with Crippen LogP contribution in [0.5, 0.6) is 5.75 Å². The van der Waals surface area contributed by atoms with E-state index in [0.717, 1.165) is 10.4 Å². The Labute approximate surface area is 196 Å². The third-order valence-electron chi connectivity index (χ3n) is 4.83. The largest absolute Gasteiger partial charge is 0.482 e. The Kier molecular flexibility index (Phi) is 6.91. The minimum absolute atomic E-state index is 0.214. The highest BCUT2D eigenvalue weighted by Gasteiger charge is 2.42. The van der Waals surface area contributed by atoms with E-state index in [-0.39, 0.29) is 24.3 Å². The lowest BCUT2D eigenvalue weighted by molar-refractivity contribution is -0.118. The molecule has 0 fully saturated rings. The maximum absolute atomic E-state index is 12.8. The van der Waals surface area contributed by atoms with Gasteiger partial charge in [0.15, 0.2) is 6.61 Å². The highest BCUT2D eigenvalue weighted by atomic mass is 35.5. The molecule has 0 radical (unpaired) electrons. The molecule has 1 aromatic carbocycles. The van der Waals surface area contributed by atoms with E-state index in [9.17, 15) is 9.59 Å². The molecule has 0 unspecified atom stereocenters. The van der Waals surface area contributed by atoms with Crippen molar-refractivity contribution >= 4 is 51.4 Å². The van der Waals surface area contributed by atoms with Crippen LogP contribution in [0.1, 0.15) is 55.4 Å². The number of fused-ring (bicyclic) bond motifs is 1. The average Bonchev–Trinajstić information content (AvgIpc) is 2.98. The number of esters is 1. The van der Waals surface area contributed by atoms with Gasteiger partial charge in [-0.25, -0.2) is 4.79 Å². The average molecular weight is 485 g/mol. The summed E-state index contributed by atoms with van der Waals surface area (Å²) in [5, 5.41) is 7.69. The van der Waals surface area contributed by atoms with Crippen molar-refractivity contribution in [3.63, 3.8) is 0 Å². The van der Waals surface area contributed by atoms with E-state index in [0.29, 0.717) is 32.8 Å². The van der Waals surface area contributed by atoms with E-state index in [4.69, 9.17) is 32.7 Å². The van der Waals surface area contributed by atoms with Crippen molar-refractivity contribution in [2.75, 3.05) is 18.5 Å². The number of nitrogens with one attached hydrogen (secondary N) is 2. The van der Waals surface area contributed by atoms with E-state index >= 15 is 0 Å². The molecule has 3 rings (SSSR count). The second-order valence-corrected chi connectivity index (χ2v) is 10.4. The van der Waals surface area contributed by atoms with Gasteiger partial charge in [0.25, 0.3) is 5.91 Å². The van der Waals surface area contributed by atoms with Crippen LogP contribution in [-0.4, -0.2) is 30.6 Å². The first-order valence-electron chi connectivity index (χ1n) is 9.94. The number of benzene rings is 1. The molecule has 0 aliphatic carbocycles. The summed E-state index contributed by atoms with van der Waals surface area (Å²) in [4.78, 5) is 26.4. The Morgan fingerprint density at radius 3 is 2.58 bits per heavy atom. The van der Waals surface area contributed by atoms with Crippen LogP contribution in [0.3, 0.4) is 0 Å². The van der Waals surface area contributed by atoms with Gasteiger partial charge < -0.3 is 20.1 Å². The Balaban J connectivity index is 1.87. The number of halogens is 2. The number of carbonyl (C=O) groups is 2. The lowest BCUT2D eigenvalue weighted by atomic mass is 9.81. The van der Waals surface area contributed by atoms with Gasteiger partial charge in [0.2, 0.25) is 0 Å². The Hall–Kier alpha value is -1.80. The number of hydrogen-bond donors (Lipinski definition) is 2. The van der Waals surface area contributed by atoms with Crippen LogP contribution in [0.2, 0.25) is 10.0 Å². The smallest absolute Gasteiger partial charge is 0.341 e. The Bertz CT molecular complexity index is 1020. The van der Waals surface area contributed by atoms with Gasteiger partial charge in [-0.2, -0.15) is 0 Å². The van der Waals surface area contributed by atoms with Gasteiger partial charge in [0.05, 0.1) is 17.2 Å². The highest BCUT2D eigenvalue weighted by Crippen LogP contribution is 2.45. The number of amides is 1. The zero-order valence-corrected chi connectivity index (χ0v) is 20.5. The molecule has 6 nitrogen and oxygen atoms in total. The van der Waals surface area contributed by atoms with Crippen LogP contribution in [0.15, 0.2) is 18.2 Å². The van der Waals surface area contributed by atoms with Gasteiger partial charge in [-0.3, -0.25) is 4.79 Å². The van der Waals surface area contributed by atoms with Gasteiger partial charge in [0, 0.05) is 21.0 Å². The van der Waals surface area contributed by atoms with E-state index in [2.05, 4.69) is 38.3 Å². The molecule has 168 valence electrons. The van der Waals surface area contributed by atoms with Crippen molar-refractivity contribution in [1.82, 2.24) is 5.32 Å². The molecule has 0 saturated heterocycles. The topological polar surface area (TPSA) is 76.7 Å². The highest BCUT2D eigenvalue weighted by molar-refractivity contribution is 7.17. The number of hydrogen-bond acceptors (Lipinski definition) is 6. The summed E-state index contributed by atoms with van der Waals surface area (Å²) >= 11 is 13.4. The second-order valence-electron chi connectivity index (χ2n) is 8.56. The molecule has 0 saturated carbocycles. The summed E-state index contributed by atoms with van der Waals surface area (Å²) in [7, 11) is 0. The van der Waals surface area contributed by atoms with Gasteiger partial charge >= 0.3 is 5.97 Å². The zero-order chi connectivity index (χ0) is 23.0. The monoisotopic (exact) mass is 484 g/mol. The predicted molar refractivity (Wildman–Crippen MR) is 125 cm³/mol. The Morgan fingerprint density at radius 2 is 1.94 bits per heavy atom. The molecular weight excluding hydrogens is 459 g/mol. The van der Waals surface area contributed by atoms with E-state index in [1.165, 1.54) is 11.3 Å². The number of anilines is 1. The normalized spacial score (nSPS) is 16.4. The molecule has 2 N–H and O–H groups in total. The number of rotatable bonds is 6. The maximum atomic E-state index is 12.8. The molecule has 31 heavy (non-hydrogen) atoms. The second kappa shape index (κ2) is 8.98. The molecule has 1 aromatic heterocycles. The van der Waals surface area contributed by atoms with E-state index < -0.39 is 11.9 Å². The van der Waals surface area contributed by atoms with Crippen molar-refractivity contribution in [3.8, 4) is 5.75 Å². The van der Waals surface area contributed by atoms with Crippen LogP contribution in [-0.2, 0) is 21.5 Å². The molecule has 0 spiro atoms. The van der Waals surface area contributed by atoms with Crippen LogP contribution < -0.4 is 15.4 Å². The third kappa shape index (κ3) is 5.34. The lowest BCUT2D eigenvalue weighted by Crippen LogP contribution is -2.55. The number of thiophene rings is 1. The molecule has 0 atom stereocenters. The summed E-state index contributed by atoms with van der Waals surface area (Å²) in [6, 6.07) is 4.77. The van der Waals surface area contributed by atoms with Crippen LogP contribution in [0.25, 0.3) is 0 Å². The molecule has 2 aromatic rings. The lowest BCUT2D eigenvalue weighted by Gasteiger charge is -2.42. The molecule has 2 heterocycles. The quantitative estimate of drug-likeness (QED) is 0.536. The minimum atomic E-state index is -0.439. The fourth-order valence-electron chi connectivity index (χ4n) is 3.93. The van der Waals surface area contributed by atoms with Crippen LogP contribution in [0.4, 0.5) is 5.00 Å². The van der Waals surface area contributed by atoms with Crippen molar-refractivity contribution in [3.05, 3.63) is 44.2 Å². The summed E-state index contributed by atoms with van der Waals surface area (Å²) in [5.74, 6) is -0.491. The van der Waals surface area contributed by atoms with E-state index in [1.807, 2.05) is 0 Å². The van der Waals surface area contributed by atoms with Gasteiger partial charge in [-0.1, -0.05) is 23.2 Å². The fourth-order valence-corrected chi connectivity index (χ4v) is 5.68. The first-order valence-corrected chi connectivity index (χ1v) is 11.5. The summed E-state index contributed by atoms with van der Waals surface area (Å²) < 4.78 is 10.8. The Morgan fingerprint density at radius 1 is 1.23 bits per heavy atom. The summed E-state index contributed by atoms with van der Waals surface area (Å²) in [5.41, 5.74) is 0.755. The first-order chi connectivity index (χ1) is 14.4. The summed E-state index contributed by atoms with van der Waals surface area (Å²) in [6.07, 6.45) is 0.642. The maximum Gasteiger partial charge on any atom is 0.341 e. The van der Waals surface area contributed by atoms with E-state index in [1.54, 1.807) is 25.1 Å². The van der Waals surface area contributed by atoms with Gasteiger partial charge in [-0.05, 0) is 64.8 Å². The summed E-state index contributed by atoms with van der Waals surface area (Å²) in [6.45, 7) is 10.1. The molecule has 1 amide bonds. The molecule has 1 aliphatic heterocycles. The van der Waals surface area contributed by atoms with Crippen LogP contribution >= 0.6 is 34.5 Å². The van der Waals surface area contributed by atoms with Gasteiger partial charge in [0.1, 0.15) is 10.8 Å². The predicted octanol–water partition coefficient (Wildman–Crippen LogP) is 5.41. The fraction of sp³-hybridized carbons (Fsp3) is 0.455. The molecule has 1 aliphatic rings. The van der Waals surface area contributed by atoms with Crippen molar-refractivity contribution in [1.29, 1.82) is 0 Å². The van der Waals surface area contributed by atoms with Crippen molar-refractivity contribution < 1.29 is 19.1 Å².